The van der Waals surface area contributed by atoms with Crippen LogP contribution in [0.1, 0.15) is 24.8 Å². The highest BCUT2D eigenvalue weighted by atomic mass is 15.2. The SMILES string of the molecule is C1=CC2=C(CC1)N(c1ccc3c(c1)c1ccccc1c1c(-c4ccccc4)cc(-c4ccccc4)c(-c4ccccc4)c31)c1ccccc1CC2. The zero-order chi connectivity index (χ0) is 33.7. The van der Waals surface area contributed by atoms with Crippen LogP contribution in [0.25, 0.3) is 65.7 Å². The summed E-state index contributed by atoms with van der Waals surface area (Å²) in [5.41, 5.74) is 14.3. The van der Waals surface area contributed by atoms with E-state index in [1.165, 1.54) is 93.9 Å². The quantitative estimate of drug-likeness (QED) is 0.171. The van der Waals surface area contributed by atoms with Gasteiger partial charge in [0.1, 0.15) is 0 Å². The lowest BCUT2D eigenvalue weighted by Gasteiger charge is -2.31. The topological polar surface area (TPSA) is 3.24 Å². The summed E-state index contributed by atoms with van der Waals surface area (Å²) in [6.07, 6.45) is 8.99. The Bertz CT molecular complexity index is 2670. The molecule has 0 radical (unpaired) electrons. The van der Waals surface area contributed by atoms with Gasteiger partial charge in [-0.15, -0.1) is 0 Å². The molecule has 0 saturated heterocycles. The van der Waals surface area contributed by atoms with Crippen LogP contribution in [-0.2, 0) is 6.42 Å². The van der Waals surface area contributed by atoms with Gasteiger partial charge in [0.15, 0.2) is 0 Å². The maximum absolute atomic E-state index is 2.58. The first-order valence-electron chi connectivity index (χ1n) is 18.2. The summed E-state index contributed by atoms with van der Waals surface area (Å²) in [6, 6.07) is 60.7. The monoisotopic (exact) mass is 651 g/mol. The van der Waals surface area contributed by atoms with Crippen LogP contribution in [0.3, 0.4) is 0 Å². The van der Waals surface area contributed by atoms with Gasteiger partial charge in [-0.1, -0.05) is 152 Å². The lowest BCUT2D eigenvalue weighted by Crippen LogP contribution is -2.19. The molecule has 0 aromatic heterocycles. The smallest absolute Gasteiger partial charge is 0.0490 e. The zero-order valence-electron chi connectivity index (χ0n) is 28.5. The summed E-state index contributed by atoms with van der Waals surface area (Å²) in [4.78, 5) is 2.58. The van der Waals surface area contributed by atoms with Crippen molar-refractivity contribution in [1.29, 1.82) is 0 Å². The molecule has 0 atom stereocenters. The van der Waals surface area contributed by atoms with Crippen LogP contribution in [-0.4, -0.2) is 0 Å². The number of rotatable bonds is 4. The molecule has 51 heavy (non-hydrogen) atoms. The first kappa shape index (κ1) is 29.7. The average Bonchev–Trinajstić information content (AvgIpc) is 3.38. The molecule has 8 aromatic rings. The zero-order valence-corrected chi connectivity index (χ0v) is 28.5. The molecule has 10 rings (SSSR count). The molecule has 1 aliphatic carbocycles. The van der Waals surface area contributed by atoms with Gasteiger partial charge in [0, 0.05) is 17.1 Å². The number of fused-ring (bicyclic) bond motifs is 7. The Morgan fingerprint density at radius 1 is 0.431 bits per heavy atom. The molecule has 0 amide bonds. The van der Waals surface area contributed by atoms with Crippen molar-refractivity contribution in [3.63, 3.8) is 0 Å². The minimum absolute atomic E-state index is 1.05. The molecule has 0 bridgehead atoms. The number of aryl methyl sites for hydroxylation is 1. The van der Waals surface area contributed by atoms with E-state index < -0.39 is 0 Å². The van der Waals surface area contributed by atoms with E-state index in [9.17, 15) is 0 Å². The number of anilines is 2. The van der Waals surface area contributed by atoms with Crippen LogP contribution < -0.4 is 4.90 Å². The molecule has 0 spiro atoms. The Kier molecular flexibility index (Phi) is 7.17. The Morgan fingerprint density at radius 3 is 1.82 bits per heavy atom. The molecule has 0 saturated carbocycles. The summed E-state index contributed by atoms with van der Waals surface area (Å²) in [5, 5.41) is 7.74. The molecule has 0 fully saturated rings. The Morgan fingerprint density at radius 2 is 1.06 bits per heavy atom. The predicted octanol–water partition coefficient (Wildman–Crippen LogP) is 13.8. The van der Waals surface area contributed by atoms with Crippen LogP contribution in [0.2, 0.25) is 0 Å². The molecule has 1 heterocycles. The van der Waals surface area contributed by atoms with Crippen molar-refractivity contribution in [1.82, 2.24) is 0 Å². The van der Waals surface area contributed by atoms with Gasteiger partial charge in [-0.05, 0) is 127 Å². The first-order chi connectivity index (χ1) is 25.3. The van der Waals surface area contributed by atoms with E-state index in [0.29, 0.717) is 0 Å². The van der Waals surface area contributed by atoms with Crippen molar-refractivity contribution >= 4 is 43.7 Å². The van der Waals surface area contributed by atoms with Gasteiger partial charge in [0.25, 0.3) is 0 Å². The van der Waals surface area contributed by atoms with Crippen LogP contribution >= 0.6 is 0 Å². The number of allylic oxidation sites excluding steroid dienone is 4. The largest absolute Gasteiger partial charge is 0.314 e. The first-order valence-corrected chi connectivity index (χ1v) is 18.2. The van der Waals surface area contributed by atoms with Gasteiger partial charge >= 0.3 is 0 Å². The van der Waals surface area contributed by atoms with E-state index in [0.717, 1.165) is 25.7 Å². The highest BCUT2D eigenvalue weighted by Gasteiger charge is 2.26. The number of hydrogen-bond acceptors (Lipinski definition) is 1. The van der Waals surface area contributed by atoms with E-state index >= 15 is 0 Å². The number of hydrogen-bond donors (Lipinski definition) is 0. The number of benzene rings is 8. The summed E-state index contributed by atoms with van der Waals surface area (Å²) in [5.74, 6) is 0. The van der Waals surface area contributed by atoms with Crippen molar-refractivity contribution in [2.45, 2.75) is 25.7 Å². The molecule has 1 nitrogen and oxygen atoms in total. The minimum atomic E-state index is 1.05. The van der Waals surface area contributed by atoms with Gasteiger partial charge in [-0.2, -0.15) is 0 Å². The van der Waals surface area contributed by atoms with Crippen LogP contribution in [0.4, 0.5) is 11.4 Å². The second-order valence-corrected chi connectivity index (χ2v) is 13.8. The molecule has 242 valence electrons. The molecular formula is C50H37N. The van der Waals surface area contributed by atoms with E-state index in [1.807, 2.05) is 0 Å². The predicted molar refractivity (Wildman–Crippen MR) is 218 cm³/mol. The van der Waals surface area contributed by atoms with E-state index in [-0.39, 0.29) is 0 Å². The summed E-state index contributed by atoms with van der Waals surface area (Å²) in [6.45, 7) is 0. The highest BCUT2D eigenvalue weighted by molar-refractivity contribution is 6.33. The van der Waals surface area contributed by atoms with Crippen molar-refractivity contribution in [3.8, 4) is 33.4 Å². The van der Waals surface area contributed by atoms with E-state index in [2.05, 4.69) is 181 Å². The third-order valence-electron chi connectivity index (χ3n) is 11.0. The van der Waals surface area contributed by atoms with Crippen LogP contribution in [0, 0.1) is 0 Å². The summed E-state index contributed by atoms with van der Waals surface area (Å²) < 4.78 is 0. The van der Waals surface area contributed by atoms with Crippen LogP contribution in [0.5, 0.6) is 0 Å². The van der Waals surface area contributed by atoms with Crippen molar-refractivity contribution < 1.29 is 0 Å². The van der Waals surface area contributed by atoms with Gasteiger partial charge in [0.05, 0.1) is 0 Å². The Balaban J connectivity index is 1.37. The van der Waals surface area contributed by atoms with E-state index in [1.54, 1.807) is 0 Å². The van der Waals surface area contributed by atoms with Gasteiger partial charge in [0.2, 0.25) is 0 Å². The number of nitrogens with zero attached hydrogens (tertiary/aromatic N) is 1. The van der Waals surface area contributed by atoms with Crippen molar-refractivity contribution in [2.75, 3.05) is 4.90 Å². The lowest BCUT2D eigenvalue weighted by molar-refractivity contribution is 0.874. The van der Waals surface area contributed by atoms with Crippen molar-refractivity contribution in [2.24, 2.45) is 0 Å². The minimum Gasteiger partial charge on any atom is -0.314 e. The maximum Gasteiger partial charge on any atom is 0.0490 e. The highest BCUT2D eigenvalue weighted by Crippen LogP contribution is 2.50. The number of para-hydroxylation sites is 1. The average molecular weight is 652 g/mol. The Hall–Kier alpha value is -6.18. The maximum atomic E-state index is 2.58. The molecular weight excluding hydrogens is 615 g/mol. The fourth-order valence-electron chi connectivity index (χ4n) is 8.71. The fourth-order valence-corrected chi connectivity index (χ4v) is 8.71. The molecule has 2 aliphatic rings. The fraction of sp³-hybridized carbons (Fsp3) is 0.0800. The second kappa shape index (κ2) is 12.3. The van der Waals surface area contributed by atoms with Gasteiger partial charge in [-0.3, -0.25) is 0 Å². The third kappa shape index (κ3) is 4.92. The van der Waals surface area contributed by atoms with Crippen molar-refractivity contribution in [3.05, 3.63) is 193 Å². The molecule has 1 aliphatic heterocycles. The van der Waals surface area contributed by atoms with Crippen LogP contribution in [0.15, 0.2) is 187 Å². The summed E-state index contributed by atoms with van der Waals surface area (Å²) in [7, 11) is 0. The Labute approximate surface area is 299 Å². The summed E-state index contributed by atoms with van der Waals surface area (Å²) >= 11 is 0. The molecule has 0 unspecified atom stereocenters. The molecule has 1 heteroatoms. The lowest BCUT2D eigenvalue weighted by atomic mass is 9.81. The van der Waals surface area contributed by atoms with Gasteiger partial charge in [-0.25, -0.2) is 0 Å². The molecule has 8 aromatic carbocycles. The standard InChI is InChI=1S/C50H37N/c1-4-16-34(17-5-1)43-33-44(35-18-6-2-7-19-35)49-41-25-13-12-24-40(41)45-32-39(30-31-42(45)50(49)48(43)38-22-8-3-9-23-38)51-46-26-14-10-20-36(46)28-29-37-21-11-15-27-47(37)51/h1-14,16-26,30-33H,15,27-29H2. The van der Waals surface area contributed by atoms with Gasteiger partial charge < -0.3 is 4.90 Å². The second-order valence-electron chi connectivity index (χ2n) is 13.8. The normalized spacial score (nSPS) is 14.2. The third-order valence-corrected chi connectivity index (χ3v) is 11.0. The van der Waals surface area contributed by atoms with E-state index in [4.69, 9.17) is 0 Å². The molecule has 0 N–H and O–H groups in total.